The molecule has 1 atom stereocenters. The lowest BCUT2D eigenvalue weighted by molar-refractivity contribution is 0.312. The molecule has 3 aromatic rings. The van der Waals surface area contributed by atoms with Gasteiger partial charge in [0.25, 0.3) is 0 Å². The van der Waals surface area contributed by atoms with E-state index in [4.69, 9.17) is 10.5 Å². The fourth-order valence-electron chi connectivity index (χ4n) is 3.57. The second-order valence-corrected chi connectivity index (χ2v) is 10.9. The summed E-state index contributed by atoms with van der Waals surface area (Å²) in [5, 5.41) is 3.04. The molecule has 4 rings (SSSR count). The molecular weight excluding hydrogens is 454 g/mol. The van der Waals surface area contributed by atoms with Crippen LogP contribution < -0.4 is 15.8 Å². The molecule has 1 aliphatic heterocycles. The third-order valence-corrected chi connectivity index (χ3v) is 8.53. The predicted octanol–water partition coefficient (Wildman–Crippen LogP) is 3.98. The van der Waals surface area contributed by atoms with E-state index in [1.807, 2.05) is 0 Å². The van der Waals surface area contributed by atoms with E-state index < -0.39 is 39.1 Å². The van der Waals surface area contributed by atoms with Crippen molar-refractivity contribution in [2.45, 2.75) is 24.1 Å². The number of benzene rings is 1. The highest BCUT2D eigenvalue weighted by atomic mass is 32.3. The Balaban J connectivity index is 1.78. The van der Waals surface area contributed by atoms with Gasteiger partial charge >= 0.3 is 0 Å². The number of alkyl halides is 1. The number of aliphatic imine (C=N–C) groups is 1. The molecule has 0 bridgehead atoms. The third kappa shape index (κ3) is 3.83. The van der Waals surface area contributed by atoms with Crippen molar-refractivity contribution in [1.29, 1.82) is 0 Å². The number of nitrogens with two attached hydrogens (primary N) is 1. The molecule has 0 saturated carbocycles. The van der Waals surface area contributed by atoms with Crippen molar-refractivity contribution in [2.75, 3.05) is 24.9 Å². The van der Waals surface area contributed by atoms with Crippen LogP contribution in [0.4, 0.5) is 20.3 Å². The van der Waals surface area contributed by atoms with Gasteiger partial charge in [0, 0.05) is 17.4 Å². The molecule has 9 nitrogen and oxygen atoms in total. The monoisotopic (exact) mass is 478 g/mol. The Morgan fingerprint density at radius 1 is 1.24 bits per heavy atom. The van der Waals surface area contributed by atoms with Gasteiger partial charge in [-0.1, -0.05) is 0 Å². The molecule has 1 aliphatic rings. The number of halogens is 2. The van der Waals surface area contributed by atoms with Crippen LogP contribution in [0.3, 0.4) is 0 Å². The minimum atomic E-state index is -3.43. The zero-order chi connectivity index (χ0) is 24.0. The SMILES string of the molecule is COc1cnc2c(Nc3ccc(F)c([C@]4(CF)CS(O)(O)C(C)(C)C(N)=N4)c3)nccc2n1. The molecule has 1 aromatic carbocycles. The number of hydrogen-bond donors (Lipinski definition) is 4. The molecule has 0 saturated heterocycles. The first-order valence-corrected chi connectivity index (χ1v) is 11.6. The Morgan fingerprint density at radius 3 is 2.67 bits per heavy atom. The van der Waals surface area contributed by atoms with Crippen LogP contribution in [0.15, 0.2) is 41.7 Å². The molecule has 3 heterocycles. The van der Waals surface area contributed by atoms with E-state index >= 15 is 0 Å². The minimum absolute atomic E-state index is 0.149. The van der Waals surface area contributed by atoms with Gasteiger partial charge in [0.2, 0.25) is 5.88 Å². The van der Waals surface area contributed by atoms with Gasteiger partial charge in [-0.05, 0) is 38.1 Å². The molecule has 5 N–H and O–H groups in total. The van der Waals surface area contributed by atoms with Crippen LogP contribution in [-0.2, 0) is 5.54 Å². The molecular formula is C21H24F2N6O3S. The van der Waals surface area contributed by atoms with Crippen molar-refractivity contribution in [3.8, 4) is 5.88 Å². The highest BCUT2D eigenvalue weighted by molar-refractivity contribution is 8.26. The number of nitrogens with zero attached hydrogens (tertiary/aromatic N) is 4. The Labute approximate surface area is 190 Å². The van der Waals surface area contributed by atoms with Crippen molar-refractivity contribution in [3.63, 3.8) is 0 Å². The average molecular weight is 479 g/mol. The third-order valence-electron chi connectivity index (χ3n) is 5.81. The van der Waals surface area contributed by atoms with Crippen molar-refractivity contribution >= 4 is 39.0 Å². The Kier molecular flexibility index (Phi) is 5.63. The number of methoxy groups -OCH3 is 1. The van der Waals surface area contributed by atoms with Crippen LogP contribution in [-0.4, -0.2) is 54.2 Å². The molecule has 0 unspecified atom stereocenters. The van der Waals surface area contributed by atoms with Gasteiger partial charge in [-0.3, -0.25) is 14.1 Å². The van der Waals surface area contributed by atoms with Crippen LogP contribution in [0.25, 0.3) is 11.0 Å². The topological polar surface area (TPSA) is 139 Å². The molecule has 176 valence electrons. The quantitative estimate of drug-likeness (QED) is 0.432. The highest BCUT2D eigenvalue weighted by Gasteiger charge is 2.51. The number of ether oxygens (including phenoxy) is 1. The number of pyridine rings is 1. The van der Waals surface area contributed by atoms with Gasteiger partial charge in [0.05, 0.1) is 24.6 Å². The summed E-state index contributed by atoms with van der Waals surface area (Å²) in [4.78, 5) is 17.1. The first-order valence-electron chi connectivity index (χ1n) is 9.93. The number of anilines is 2. The minimum Gasteiger partial charge on any atom is -0.480 e. The van der Waals surface area contributed by atoms with E-state index in [-0.39, 0.29) is 11.4 Å². The van der Waals surface area contributed by atoms with Gasteiger partial charge in [-0.15, -0.1) is 0 Å². The molecule has 0 spiro atoms. The number of amidine groups is 1. The second kappa shape index (κ2) is 8.04. The Bertz CT molecular complexity index is 1260. The molecule has 2 aromatic heterocycles. The zero-order valence-corrected chi connectivity index (χ0v) is 19.0. The summed E-state index contributed by atoms with van der Waals surface area (Å²) in [6, 6.07) is 5.61. The summed E-state index contributed by atoms with van der Waals surface area (Å²) in [6.45, 7) is 1.86. The first kappa shape index (κ1) is 23.1. The lowest BCUT2D eigenvalue weighted by Crippen LogP contribution is -2.53. The number of aromatic nitrogens is 3. The maximum absolute atomic E-state index is 14.9. The summed E-state index contributed by atoms with van der Waals surface area (Å²) < 4.78 is 54.5. The van der Waals surface area contributed by atoms with Crippen LogP contribution >= 0.6 is 10.6 Å². The number of rotatable bonds is 5. The van der Waals surface area contributed by atoms with E-state index in [0.717, 1.165) is 6.07 Å². The number of nitrogens with one attached hydrogen (secondary N) is 1. The zero-order valence-electron chi connectivity index (χ0n) is 18.2. The largest absolute Gasteiger partial charge is 0.480 e. The Morgan fingerprint density at radius 2 is 2.00 bits per heavy atom. The molecule has 0 radical (unpaired) electrons. The second-order valence-electron chi connectivity index (χ2n) is 8.24. The summed E-state index contributed by atoms with van der Waals surface area (Å²) >= 11 is 0. The van der Waals surface area contributed by atoms with Crippen molar-refractivity contribution in [3.05, 3.63) is 48.0 Å². The van der Waals surface area contributed by atoms with Gasteiger partial charge in [-0.2, -0.15) is 10.6 Å². The lowest BCUT2D eigenvalue weighted by atomic mass is 9.92. The van der Waals surface area contributed by atoms with E-state index in [9.17, 15) is 17.9 Å². The standard InChI is InChI=1S/C21H24F2N6O3S/c1-20(2)19(24)29-21(10-22,11-33(20,30)31)13-8-12(4-5-14(13)23)27-18-17-15(6-7-25-18)28-16(32-3)9-26-17/h4-9,30-31H,10-11H2,1-3H3,(H2,24,29)(H,25,27)/t21-/m0/s1. The molecule has 33 heavy (non-hydrogen) atoms. The van der Waals surface area contributed by atoms with E-state index in [0.29, 0.717) is 28.4 Å². The lowest BCUT2D eigenvalue weighted by Gasteiger charge is -2.53. The summed E-state index contributed by atoms with van der Waals surface area (Å²) in [6.07, 6.45) is 2.96. The van der Waals surface area contributed by atoms with E-state index in [1.54, 1.807) is 6.07 Å². The Hall–Kier alpha value is -3.09. The van der Waals surface area contributed by atoms with Crippen molar-refractivity contribution in [1.82, 2.24) is 15.0 Å². The fourth-order valence-corrected chi connectivity index (χ4v) is 5.28. The van der Waals surface area contributed by atoms with Gasteiger partial charge in [0.1, 0.15) is 34.1 Å². The summed E-state index contributed by atoms with van der Waals surface area (Å²) in [5.41, 5.74) is 5.29. The first-order chi connectivity index (χ1) is 15.5. The van der Waals surface area contributed by atoms with E-state index in [2.05, 4.69) is 25.3 Å². The summed E-state index contributed by atoms with van der Waals surface area (Å²) in [5.74, 6) is -0.721. The number of fused-ring (bicyclic) bond motifs is 1. The fraction of sp³-hybridized carbons (Fsp3) is 0.333. The van der Waals surface area contributed by atoms with Crippen LogP contribution in [0.1, 0.15) is 19.4 Å². The smallest absolute Gasteiger partial charge is 0.232 e. The van der Waals surface area contributed by atoms with E-state index in [1.165, 1.54) is 45.5 Å². The summed E-state index contributed by atoms with van der Waals surface area (Å²) in [7, 11) is -1.95. The molecule has 12 heteroatoms. The van der Waals surface area contributed by atoms with Gasteiger partial charge in [0.15, 0.2) is 5.82 Å². The van der Waals surface area contributed by atoms with Crippen molar-refractivity contribution < 1.29 is 22.6 Å². The maximum atomic E-state index is 14.9. The van der Waals surface area contributed by atoms with Crippen LogP contribution in [0, 0.1) is 5.82 Å². The van der Waals surface area contributed by atoms with Crippen LogP contribution in [0.5, 0.6) is 5.88 Å². The normalized spacial score (nSPS) is 22.5. The predicted molar refractivity (Wildman–Crippen MR) is 125 cm³/mol. The van der Waals surface area contributed by atoms with Gasteiger partial charge in [-0.25, -0.2) is 23.7 Å². The van der Waals surface area contributed by atoms with Gasteiger partial charge < -0.3 is 15.8 Å². The maximum Gasteiger partial charge on any atom is 0.232 e. The molecule has 0 aliphatic carbocycles. The van der Waals surface area contributed by atoms with Crippen molar-refractivity contribution in [2.24, 2.45) is 10.7 Å². The molecule has 0 fully saturated rings. The molecule has 0 amide bonds. The number of hydrogen-bond acceptors (Lipinski definition) is 9. The van der Waals surface area contributed by atoms with Crippen LogP contribution in [0.2, 0.25) is 0 Å². The average Bonchev–Trinajstić information content (AvgIpc) is 2.78. The highest BCUT2D eigenvalue weighted by Crippen LogP contribution is 2.59.